The molecule has 5 rings (SSSR count). The van der Waals surface area contributed by atoms with E-state index in [-0.39, 0.29) is 6.04 Å². The van der Waals surface area contributed by atoms with Crippen LogP contribution in [-0.4, -0.2) is 33.5 Å². The number of ether oxygens (including phenoxy) is 1. The molecule has 1 aromatic carbocycles. The van der Waals surface area contributed by atoms with Gasteiger partial charge < -0.3 is 10.1 Å². The molecule has 1 aliphatic carbocycles. The van der Waals surface area contributed by atoms with Crippen molar-refractivity contribution in [3.63, 3.8) is 0 Å². The predicted molar refractivity (Wildman–Crippen MR) is 122 cm³/mol. The van der Waals surface area contributed by atoms with Crippen molar-refractivity contribution in [2.24, 2.45) is 0 Å². The van der Waals surface area contributed by atoms with E-state index in [1.165, 1.54) is 36.0 Å². The molecule has 3 aromatic rings. The minimum absolute atomic E-state index is 0.261. The van der Waals surface area contributed by atoms with Gasteiger partial charge in [0.1, 0.15) is 17.4 Å². The minimum atomic E-state index is 0.261. The maximum Gasteiger partial charge on any atom is 0.150 e. The van der Waals surface area contributed by atoms with Crippen molar-refractivity contribution in [3.8, 4) is 5.75 Å². The maximum atomic E-state index is 5.75. The van der Waals surface area contributed by atoms with Gasteiger partial charge in [0.2, 0.25) is 0 Å². The summed E-state index contributed by atoms with van der Waals surface area (Å²) in [6.45, 7) is 3.97. The number of pyridine rings is 1. The summed E-state index contributed by atoms with van der Waals surface area (Å²) in [4.78, 5) is 16.3. The molecule has 6 nitrogen and oxygen atoms in total. The molecule has 2 aliphatic rings. The lowest BCUT2D eigenvalue weighted by atomic mass is 10.0. The quantitative estimate of drug-likeness (QED) is 0.626. The Bertz CT molecular complexity index is 1080. The Balaban J connectivity index is 1.37. The van der Waals surface area contributed by atoms with E-state index in [2.05, 4.69) is 32.3 Å². The number of nitrogens with one attached hydrogen (secondary N) is 1. The summed E-state index contributed by atoms with van der Waals surface area (Å²) in [5.41, 5.74) is 6.31. The fourth-order valence-electron chi connectivity index (χ4n) is 4.87. The summed E-state index contributed by atoms with van der Waals surface area (Å²) >= 11 is 0. The maximum absolute atomic E-state index is 5.75. The molecule has 31 heavy (non-hydrogen) atoms. The summed E-state index contributed by atoms with van der Waals surface area (Å²) in [6.07, 6.45) is 11.3. The molecule has 0 spiro atoms. The van der Waals surface area contributed by atoms with Crippen molar-refractivity contribution in [1.29, 1.82) is 0 Å². The average Bonchev–Trinajstić information content (AvgIpc) is 3.44. The van der Waals surface area contributed by atoms with Crippen LogP contribution in [-0.2, 0) is 19.4 Å². The van der Waals surface area contributed by atoms with Crippen LogP contribution in [0.4, 0.5) is 11.6 Å². The Labute approximate surface area is 183 Å². The van der Waals surface area contributed by atoms with Crippen LogP contribution in [0.25, 0.3) is 0 Å². The number of aromatic nitrogens is 3. The number of anilines is 2. The summed E-state index contributed by atoms with van der Waals surface area (Å²) in [5, 5.41) is 3.32. The van der Waals surface area contributed by atoms with E-state index in [9.17, 15) is 0 Å². The van der Waals surface area contributed by atoms with Crippen LogP contribution in [0.15, 0.2) is 42.9 Å². The number of hydrogen-bond acceptors (Lipinski definition) is 6. The van der Waals surface area contributed by atoms with Crippen molar-refractivity contribution in [2.75, 3.05) is 19.0 Å². The van der Waals surface area contributed by atoms with Gasteiger partial charge in [-0.3, -0.25) is 9.88 Å². The molecule has 1 N–H and O–H groups in total. The number of benzene rings is 1. The van der Waals surface area contributed by atoms with Crippen LogP contribution >= 0.6 is 0 Å². The predicted octanol–water partition coefficient (Wildman–Crippen LogP) is 4.76. The van der Waals surface area contributed by atoms with Crippen LogP contribution < -0.4 is 10.1 Å². The SMILES string of the molecule is COc1cc2c(cc1CN1CCC[C@H]1c1cncc(Nc3ncccc3C)n1)CCC2. The number of hydrogen-bond donors (Lipinski definition) is 1. The Morgan fingerprint density at radius 3 is 2.87 bits per heavy atom. The first kappa shape index (κ1) is 19.9. The lowest BCUT2D eigenvalue weighted by Crippen LogP contribution is -2.24. The summed E-state index contributed by atoms with van der Waals surface area (Å²) in [5.74, 6) is 2.57. The Morgan fingerprint density at radius 2 is 2.03 bits per heavy atom. The molecule has 1 aliphatic heterocycles. The van der Waals surface area contributed by atoms with E-state index in [1.54, 1.807) is 19.5 Å². The first-order valence-corrected chi connectivity index (χ1v) is 11.1. The zero-order valence-electron chi connectivity index (χ0n) is 18.3. The summed E-state index contributed by atoms with van der Waals surface area (Å²) < 4.78 is 5.75. The van der Waals surface area contributed by atoms with Crippen molar-refractivity contribution < 1.29 is 4.74 Å². The zero-order chi connectivity index (χ0) is 21.2. The smallest absolute Gasteiger partial charge is 0.150 e. The zero-order valence-corrected chi connectivity index (χ0v) is 18.3. The minimum Gasteiger partial charge on any atom is -0.496 e. The van der Waals surface area contributed by atoms with Gasteiger partial charge in [0.25, 0.3) is 0 Å². The van der Waals surface area contributed by atoms with Crippen molar-refractivity contribution >= 4 is 11.6 Å². The van der Waals surface area contributed by atoms with Gasteiger partial charge in [0.15, 0.2) is 0 Å². The standard InChI is InChI=1S/C25H29N5O/c1-17-6-4-10-27-25(17)29-24-15-26-14-21(28-24)22-9-5-11-30(22)16-20-12-18-7-3-8-19(18)13-23(20)31-2/h4,6,10,12-15,22H,3,5,7-9,11,16H2,1-2H3,(H,27,28,29)/t22-/m0/s1. The third kappa shape index (κ3) is 4.12. The van der Waals surface area contributed by atoms with Gasteiger partial charge in [0, 0.05) is 18.3 Å². The molecule has 2 aromatic heterocycles. The van der Waals surface area contributed by atoms with Crippen LogP contribution in [0.1, 0.15) is 53.3 Å². The van der Waals surface area contributed by atoms with Gasteiger partial charge in [-0.15, -0.1) is 0 Å². The van der Waals surface area contributed by atoms with Gasteiger partial charge in [-0.25, -0.2) is 9.97 Å². The highest BCUT2D eigenvalue weighted by molar-refractivity contribution is 5.54. The molecule has 0 radical (unpaired) electrons. The second-order valence-electron chi connectivity index (χ2n) is 8.54. The number of methoxy groups -OCH3 is 1. The molecule has 0 amide bonds. The molecule has 1 saturated heterocycles. The molecule has 6 heteroatoms. The fourth-order valence-corrected chi connectivity index (χ4v) is 4.87. The number of fused-ring (bicyclic) bond motifs is 1. The Kier molecular flexibility index (Phi) is 5.55. The Hall–Kier alpha value is -2.99. The van der Waals surface area contributed by atoms with E-state index in [0.717, 1.165) is 54.6 Å². The van der Waals surface area contributed by atoms with Gasteiger partial charge in [-0.1, -0.05) is 12.1 Å². The van der Waals surface area contributed by atoms with Crippen LogP contribution in [0.3, 0.4) is 0 Å². The fraction of sp³-hybridized carbons (Fsp3) is 0.400. The topological polar surface area (TPSA) is 63.2 Å². The molecule has 0 unspecified atom stereocenters. The van der Waals surface area contributed by atoms with Crippen LogP contribution in [0.2, 0.25) is 0 Å². The average molecular weight is 416 g/mol. The normalized spacial score (nSPS) is 18.2. The molecular formula is C25H29N5O. The second-order valence-corrected chi connectivity index (χ2v) is 8.54. The van der Waals surface area contributed by atoms with Gasteiger partial charge in [-0.2, -0.15) is 0 Å². The molecule has 160 valence electrons. The highest BCUT2D eigenvalue weighted by Crippen LogP contribution is 2.36. The third-order valence-electron chi connectivity index (χ3n) is 6.48. The monoisotopic (exact) mass is 415 g/mol. The number of rotatable bonds is 6. The first-order chi connectivity index (χ1) is 15.2. The van der Waals surface area contributed by atoms with Crippen molar-refractivity contribution in [3.05, 3.63) is 70.8 Å². The van der Waals surface area contributed by atoms with E-state index < -0.39 is 0 Å². The third-order valence-corrected chi connectivity index (χ3v) is 6.48. The van der Waals surface area contributed by atoms with Gasteiger partial charge in [0.05, 0.1) is 31.2 Å². The van der Waals surface area contributed by atoms with E-state index in [1.807, 2.05) is 25.3 Å². The number of likely N-dealkylation sites (tertiary alicyclic amines) is 1. The Morgan fingerprint density at radius 1 is 1.16 bits per heavy atom. The second kappa shape index (κ2) is 8.63. The summed E-state index contributed by atoms with van der Waals surface area (Å²) in [6, 6.07) is 8.85. The molecule has 1 atom stereocenters. The van der Waals surface area contributed by atoms with Gasteiger partial charge in [-0.05, 0) is 74.4 Å². The highest BCUT2D eigenvalue weighted by Gasteiger charge is 2.29. The van der Waals surface area contributed by atoms with Crippen LogP contribution in [0.5, 0.6) is 5.75 Å². The van der Waals surface area contributed by atoms with Crippen molar-refractivity contribution in [2.45, 2.75) is 51.6 Å². The number of nitrogens with zero attached hydrogens (tertiary/aromatic N) is 4. The summed E-state index contributed by atoms with van der Waals surface area (Å²) in [7, 11) is 1.78. The lowest BCUT2D eigenvalue weighted by Gasteiger charge is -2.25. The highest BCUT2D eigenvalue weighted by atomic mass is 16.5. The van der Waals surface area contributed by atoms with E-state index in [4.69, 9.17) is 9.72 Å². The van der Waals surface area contributed by atoms with E-state index in [0.29, 0.717) is 0 Å². The largest absolute Gasteiger partial charge is 0.496 e. The molecule has 0 bridgehead atoms. The molecular weight excluding hydrogens is 386 g/mol. The molecule has 1 fully saturated rings. The number of aryl methyl sites for hydroxylation is 3. The lowest BCUT2D eigenvalue weighted by molar-refractivity contribution is 0.240. The van der Waals surface area contributed by atoms with Crippen LogP contribution in [0, 0.1) is 6.92 Å². The molecule has 3 heterocycles. The molecule has 0 saturated carbocycles. The first-order valence-electron chi connectivity index (χ1n) is 11.1. The van der Waals surface area contributed by atoms with Gasteiger partial charge >= 0.3 is 0 Å². The van der Waals surface area contributed by atoms with E-state index >= 15 is 0 Å². The van der Waals surface area contributed by atoms with Crippen molar-refractivity contribution in [1.82, 2.24) is 19.9 Å².